The predicted octanol–water partition coefficient (Wildman–Crippen LogP) is 6.09. The lowest BCUT2D eigenvalue weighted by Crippen LogP contribution is -2.29. The summed E-state index contributed by atoms with van der Waals surface area (Å²) < 4.78 is 39.7. The molecule has 0 spiro atoms. The smallest absolute Gasteiger partial charge is 0.326 e. The van der Waals surface area contributed by atoms with Crippen LogP contribution in [-0.2, 0) is 15.8 Å². The molecule has 0 aromatic heterocycles. The van der Waals surface area contributed by atoms with Gasteiger partial charge in [0, 0.05) is 23.1 Å². The molecule has 0 aliphatic carbocycles. The number of carbonyl (C=O) groups is 2. The molecule has 31 heavy (non-hydrogen) atoms. The standard InChI is InChI=1S/C21H16BrF3N2O2S2/c22-15-8-6-13(7-9-15)11-17-19(29)27(20(30)31-17)10-2-5-18(28)26-16-4-1-3-14(12-16)21(23,24)25/h1,3-4,6-9,11-12H,2,5,10H2,(H,26,28)/b17-11-. The maximum Gasteiger partial charge on any atom is 0.416 e. The topological polar surface area (TPSA) is 49.4 Å². The Kier molecular flexibility index (Phi) is 7.55. The van der Waals surface area contributed by atoms with Gasteiger partial charge in [-0.1, -0.05) is 58.1 Å². The minimum atomic E-state index is -4.48. The molecule has 1 aliphatic rings. The van der Waals surface area contributed by atoms with Crippen molar-refractivity contribution in [3.63, 3.8) is 0 Å². The molecule has 2 amide bonds. The molecule has 1 N–H and O–H groups in total. The Morgan fingerprint density at radius 3 is 2.58 bits per heavy atom. The van der Waals surface area contributed by atoms with Crippen LogP contribution in [0.3, 0.4) is 0 Å². The fourth-order valence-corrected chi connectivity index (χ4v) is 4.37. The molecule has 0 bridgehead atoms. The van der Waals surface area contributed by atoms with Gasteiger partial charge in [0.05, 0.1) is 10.5 Å². The number of halogens is 4. The zero-order chi connectivity index (χ0) is 22.6. The molecule has 1 aliphatic heterocycles. The van der Waals surface area contributed by atoms with Crippen molar-refractivity contribution >= 4 is 67.8 Å². The minimum Gasteiger partial charge on any atom is -0.326 e. The summed E-state index contributed by atoms with van der Waals surface area (Å²) in [6, 6.07) is 11.9. The molecule has 3 rings (SSSR count). The molecule has 1 heterocycles. The molecule has 4 nitrogen and oxygen atoms in total. The summed E-state index contributed by atoms with van der Waals surface area (Å²) in [4.78, 5) is 26.6. The zero-order valence-electron chi connectivity index (χ0n) is 15.9. The van der Waals surface area contributed by atoms with Crippen LogP contribution in [0.5, 0.6) is 0 Å². The van der Waals surface area contributed by atoms with E-state index >= 15 is 0 Å². The van der Waals surface area contributed by atoms with Crippen molar-refractivity contribution < 1.29 is 22.8 Å². The summed E-state index contributed by atoms with van der Waals surface area (Å²) >= 11 is 9.83. The molecule has 1 saturated heterocycles. The molecule has 0 unspecified atom stereocenters. The van der Waals surface area contributed by atoms with Gasteiger partial charge in [-0.2, -0.15) is 13.2 Å². The first kappa shape index (κ1) is 23.5. The highest BCUT2D eigenvalue weighted by Gasteiger charge is 2.32. The van der Waals surface area contributed by atoms with E-state index in [0.717, 1.165) is 22.2 Å². The molecule has 10 heteroatoms. The fraction of sp³-hybridized carbons (Fsp3) is 0.190. The Morgan fingerprint density at radius 2 is 1.90 bits per heavy atom. The van der Waals surface area contributed by atoms with E-state index in [9.17, 15) is 22.8 Å². The molecule has 1 fully saturated rings. The number of hydrogen-bond donors (Lipinski definition) is 1. The van der Waals surface area contributed by atoms with Gasteiger partial charge in [-0.25, -0.2) is 0 Å². The second-order valence-corrected chi connectivity index (χ2v) is 9.21. The Bertz CT molecular complexity index is 1040. The van der Waals surface area contributed by atoms with Gasteiger partial charge in [-0.15, -0.1) is 0 Å². The third-order valence-corrected chi connectivity index (χ3v) is 6.21. The highest BCUT2D eigenvalue weighted by atomic mass is 79.9. The lowest BCUT2D eigenvalue weighted by molar-refractivity contribution is -0.137. The van der Waals surface area contributed by atoms with Crippen LogP contribution in [0.4, 0.5) is 18.9 Å². The first-order valence-electron chi connectivity index (χ1n) is 9.11. The number of hydrogen-bond acceptors (Lipinski definition) is 4. The van der Waals surface area contributed by atoms with Crippen LogP contribution in [0, 0.1) is 0 Å². The van der Waals surface area contributed by atoms with E-state index < -0.39 is 17.6 Å². The van der Waals surface area contributed by atoms with E-state index in [1.54, 1.807) is 6.08 Å². The monoisotopic (exact) mass is 528 g/mol. The molecular weight excluding hydrogens is 513 g/mol. The van der Waals surface area contributed by atoms with Gasteiger partial charge in [0.15, 0.2) is 0 Å². The Hall–Kier alpha value is -2.17. The number of amides is 2. The molecule has 0 saturated carbocycles. The second kappa shape index (κ2) is 9.97. The molecule has 0 atom stereocenters. The lowest BCUT2D eigenvalue weighted by Gasteiger charge is -2.14. The van der Waals surface area contributed by atoms with E-state index in [-0.39, 0.29) is 24.6 Å². The largest absolute Gasteiger partial charge is 0.416 e. The van der Waals surface area contributed by atoms with Gasteiger partial charge in [0.25, 0.3) is 5.91 Å². The first-order chi connectivity index (χ1) is 14.6. The van der Waals surface area contributed by atoms with Gasteiger partial charge in [-0.3, -0.25) is 14.5 Å². The minimum absolute atomic E-state index is 0.0407. The van der Waals surface area contributed by atoms with Crippen LogP contribution in [0.25, 0.3) is 6.08 Å². The van der Waals surface area contributed by atoms with Crippen LogP contribution >= 0.6 is 39.9 Å². The Morgan fingerprint density at radius 1 is 1.19 bits per heavy atom. The van der Waals surface area contributed by atoms with Gasteiger partial charge < -0.3 is 5.32 Å². The average Bonchev–Trinajstić information content (AvgIpc) is 2.96. The van der Waals surface area contributed by atoms with Crippen molar-refractivity contribution in [2.24, 2.45) is 0 Å². The molecule has 162 valence electrons. The number of thioether (sulfide) groups is 1. The van der Waals surface area contributed by atoms with Gasteiger partial charge >= 0.3 is 6.18 Å². The summed E-state index contributed by atoms with van der Waals surface area (Å²) in [5.41, 5.74) is 0.104. The van der Waals surface area contributed by atoms with E-state index in [4.69, 9.17) is 12.2 Å². The van der Waals surface area contributed by atoms with Crippen molar-refractivity contribution in [1.82, 2.24) is 4.90 Å². The number of carbonyl (C=O) groups excluding carboxylic acids is 2. The van der Waals surface area contributed by atoms with E-state index in [0.29, 0.717) is 15.6 Å². The summed E-state index contributed by atoms with van der Waals surface area (Å²) in [7, 11) is 0. The quantitative estimate of drug-likeness (QED) is 0.364. The molecule has 0 radical (unpaired) electrons. The number of nitrogens with zero attached hydrogens (tertiary/aromatic N) is 1. The summed E-state index contributed by atoms with van der Waals surface area (Å²) in [5.74, 6) is -0.661. The van der Waals surface area contributed by atoms with Crippen LogP contribution in [0.1, 0.15) is 24.0 Å². The summed E-state index contributed by atoms with van der Waals surface area (Å²) in [5, 5.41) is 2.45. The zero-order valence-corrected chi connectivity index (χ0v) is 19.1. The average molecular weight is 529 g/mol. The summed E-state index contributed by atoms with van der Waals surface area (Å²) in [6.07, 6.45) is -2.36. The van der Waals surface area contributed by atoms with Crippen molar-refractivity contribution in [2.45, 2.75) is 19.0 Å². The number of nitrogens with one attached hydrogen (secondary N) is 1. The van der Waals surface area contributed by atoms with E-state index in [2.05, 4.69) is 21.2 Å². The SMILES string of the molecule is O=C(CCCN1C(=O)/C(=C/c2ccc(Br)cc2)SC1=S)Nc1cccc(C(F)(F)F)c1. The molecular formula is C21H16BrF3N2O2S2. The number of benzene rings is 2. The molecule has 2 aromatic carbocycles. The molecule has 2 aromatic rings. The van der Waals surface area contributed by atoms with Crippen LogP contribution in [0.2, 0.25) is 0 Å². The van der Waals surface area contributed by atoms with Crippen molar-refractivity contribution in [3.05, 3.63) is 69.0 Å². The van der Waals surface area contributed by atoms with Crippen molar-refractivity contribution in [3.8, 4) is 0 Å². The Balaban J connectivity index is 1.53. The number of anilines is 1. The van der Waals surface area contributed by atoms with Crippen LogP contribution in [-0.4, -0.2) is 27.6 Å². The number of alkyl halides is 3. The van der Waals surface area contributed by atoms with Gasteiger partial charge in [0.2, 0.25) is 5.91 Å². The maximum absolute atomic E-state index is 12.8. The highest BCUT2D eigenvalue weighted by molar-refractivity contribution is 9.10. The van der Waals surface area contributed by atoms with Crippen LogP contribution < -0.4 is 5.32 Å². The third-order valence-electron chi connectivity index (χ3n) is 4.30. The fourth-order valence-electron chi connectivity index (χ4n) is 2.80. The second-order valence-electron chi connectivity index (χ2n) is 6.62. The normalized spacial score (nSPS) is 15.6. The predicted molar refractivity (Wildman–Crippen MR) is 123 cm³/mol. The Labute approximate surface area is 195 Å². The summed E-state index contributed by atoms with van der Waals surface area (Å²) in [6.45, 7) is 0.248. The third kappa shape index (κ3) is 6.41. The van der Waals surface area contributed by atoms with E-state index in [1.807, 2.05) is 24.3 Å². The van der Waals surface area contributed by atoms with Crippen LogP contribution in [0.15, 0.2) is 57.9 Å². The van der Waals surface area contributed by atoms with Crippen molar-refractivity contribution in [2.75, 3.05) is 11.9 Å². The van der Waals surface area contributed by atoms with Gasteiger partial charge in [-0.05, 0) is 48.4 Å². The lowest BCUT2D eigenvalue weighted by atomic mass is 10.2. The first-order valence-corrected chi connectivity index (χ1v) is 11.1. The van der Waals surface area contributed by atoms with Gasteiger partial charge in [0.1, 0.15) is 4.32 Å². The number of rotatable bonds is 6. The maximum atomic E-state index is 12.8. The number of thiocarbonyl (C=S) groups is 1. The van der Waals surface area contributed by atoms with E-state index in [1.165, 1.54) is 28.8 Å². The highest BCUT2D eigenvalue weighted by Crippen LogP contribution is 2.33. The van der Waals surface area contributed by atoms with Crippen molar-refractivity contribution in [1.29, 1.82) is 0 Å².